The zero-order chi connectivity index (χ0) is 19.3. The lowest BCUT2D eigenvalue weighted by atomic mass is 10.1. The number of aryl methyl sites for hydroxylation is 4. The van der Waals surface area contributed by atoms with E-state index in [2.05, 4.69) is 71.4 Å². The summed E-state index contributed by atoms with van der Waals surface area (Å²) >= 11 is 3.61. The van der Waals surface area contributed by atoms with Crippen LogP contribution in [-0.2, 0) is 0 Å². The van der Waals surface area contributed by atoms with Crippen LogP contribution in [0.25, 0.3) is 16.7 Å². The van der Waals surface area contributed by atoms with E-state index >= 15 is 0 Å². The van der Waals surface area contributed by atoms with Gasteiger partial charge in [-0.15, -0.1) is 0 Å². The molecule has 1 aromatic carbocycles. The van der Waals surface area contributed by atoms with Crippen LogP contribution in [0.5, 0.6) is 0 Å². The standard InChI is InChI=1S/C22H27BrN4/c1-6-17-7-8-26(12-17)21-19-15(4)11-27(22(19)25-16(5)24-21)20-13(2)9-18(23)10-14(20)3/h9-11,17H,6-8,12H2,1-5H3. The molecule has 1 unspecified atom stereocenters. The first-order valence-corrected chi connectivity index (χ1v) is 10.6. The summed E-state index contributed by atoms with van der Waals surface area (Å²) in [6, 6.07) is 4.34. The maximum Gasteiger partial charge on any atom is 0.150 e. The van der Waals surface area contributed by atoms with Gasteiger partial charge in [0.25, 0.3) is 0 Å². The second-order valence-corrected chi connectivity index (χ2v) is 8.79. The summed E-state index contributed by atoms with van der Waals surface area (Å²) in [4.78, 5) is 12.2. The van der Waals surface area contributed by atoms with E-state index in [0.717, 1.165) is 40.8 Å². The summed E-state index contributed by atoms with van der Waals surface area (Å²) in [5.41, 5.74) is 5.95. The van der Waals surface area contributed by atoms with Gasteiger partial charge in [0.05, 0.1) is 11.1 Å². The zero-order valence-electron chi connectivity index (χ0n) is 16.8. The van der Waals surface area contributed by atoms with E-state index in [9.17, 15) is 0 Å². The van der Waals surface area contributed by atoms with E-state index in [1.807, 2.05) is 6.92 Å². The molecule has 1 atom stereocenters. The van der Waals surface area contributed by atoms with Gasteiger partial charge >= 0.3 is 0 Å². The molecule has 0 radical (unpaired) electrons. The summed E-state index contributed by atoms with van der Waals surface area (Å²) in [6.07, 6.45) is 4.71. The van der Waals surface area contributed by atoms with Crippen LogP contribution in [0.3, 0.4) is 0 Å². The van der Waals surface area contributed by atoms with Crippen molar-refractivity contribution < 1.29 is 0 Å². The second-order valence-electron chi connectivity index (χ2n) is 7.87. The fourth-order valence-corrected chi connectivity index (χ4v) is 5.12. The molecule has 0 bridgehead atoms. The number of hydrogen-bond acceptors (Lipinski definition) is 3. The van der Waals surface area contributed by atoms with Crippen molar-refractivity contribution >= 4 is 32.8 Å². The monoisotopic (exact) mass is 426 g/mol. The fourth-order valence-electron chi connectivity index (χ4n) is 4.43. The lowest BCUT2D eigenvalue weighted by molar-refractivity contribution is 0.569. The summed E-state index contributed by atoms with van der Waals surface area (Å²) in [6.45, 7) is 13.0. The Balaban J connectivity index is 1.94. The minimum atomic E-state index is 0.772. The highest BCUT2D eigenvalue weighted by Gasteiger charge is 2.26. The lowest BCUT2D eigenvalue weighted by Gasteiger charge is -2.20. The number of anilines is 1. The van der Waals surface area contributed by atoms with Crippen LogP contribution in [0.2, 0.25) is 0 Å². The van der Waals surface area contributed by atoms with Crippen molar-refractivity contribution in [3.05, 3.63) is 45.3 Å². The molecular weight excluding hydrogens is 400 g/mol. The van der Waals surface area contributed by atoms with E-state index in [4.69, 9.17) is 9.97 Å². The average Bonchev–Trinajstić information content (AvgIpc) is 3.19. The largest absolute Gasteiger partial charge is 0.356 e. The van der Waals surface area contributed by atoms with Crippen LogP contribution in [-0.4, -0.2) is 27.6 Å². The normalized spacial score (nSPS) is 17.3. The number of benzene rings is 1. The van der Waals surface area contributed by atoms with E-state index in [-0.39, 0.29) is 0 Å². The molecule has 0 N–H and O–H groups in total. The van der Waals surface area contributed by atoms with Gasteiger partial charge in [-0.05, 0) is 68.9 Å². The quantitative estimate of drug-likeness (QED) is 0.542. The molecule has 27 heavy (non-hydrogen) atoms. The van der Waals surface area contributed by atoms with E-state index in [0.29, 0.717) is 0 Å². The molecule has 3 aromatic rings. The van der Waals surface area contributed by atoms with Crippen LogP contribution in [0.4, 0.5) is 5.82 Å². The van der Waals surface area contributed by atoms with Gasteiger partial charge in [-0.2, -0.15) is 0 Å². The maximum absolute atomic E-state index is 4.87. The van der Waals surface area contributed by atoms with Crippen molar-refractivity contribution in [2.45, 2.75) is 47.5 Å². The molecule has 0 aliphatic carbocycles. The van der Waals surface area contributed by atoms with Crippen molar-refractivity contribution in [2.75, 3.05) is 18.0 Å². The van der Waals surface area contributed by atoms with Crippen LogP contribution < -0.4 is 4.90 Å². The molecule has 4 nitrogen and oxygen atoms in total. The van der Waals surface area contributed by atoms with Crippen molar-refractivity contribution in [3.63, 3.8) is 0 Å². The SMILES string of the molecule is CCC1CCN(c2nc(C)nc3c2c(C)cn3-c2c(C)cc(Br)cc2C)C1. The molecule has 5 heteroatoms. The molecule has 3 heterocycles. The number of hydrogen-bond donors (Lipinski definition) is 0. The van der Waals surface area contributed by atoms with Gasteiger partial charge in [-0.25, -0.2) is 9.97 Å². The number of halogens is 1. The summed E-state index contributed by atoms with van der Waals surface area (Å²) in [5, 5.41) is 1.19. The number of rotatable bonds is 3. The van der Waals surface area contributed by atoms with Gasteiger partial charge in [0.1, 0.15) is 11.6 Å². The smallest absolute Gasteiger partial charge is 0.150 e. The van der Waals surface area contributed by atoms with Gasteiger partial charge in [0, 0.05) is 23.8 Å². The fraction of sp³-hybridized carbons (Fsp3) is 0.455. The number of aromatic nitrogens is 3. The first-order valence-electron chi connectivity index (χ1n) is 9.77. The van der Waals surface area contributed by atoms with Crippen molar-refractivity contribution in [2.24, 2.45) is 5.92 Å². The Bertz CT molecular complexity index is 998. The highest BCUT2D eigenvalue weighted by Crippen LogP contribution is 2.35. The Morgan fingerprint density at radius 1 is 1.07 bits per heavy atom. The van der Waals surface area contributed by atoms with Gasteiger partial charge in [-0.1, -0.05) is 29.3 Å². The Hall–Kier alpha value is -1.88. The van der Waals surface area contributed by atoms with Crippen LogP contribution in [0, 0.1) is 33.6 Å². The minimum Gasteiger partial charge on any atom is -0.356 e. The molecule has 0 amide bonds. The Kier molecular flexibility index (Phi) is 4.75. The Morgan fingerprint density at radius 3 is 2.41 bits per heavy atom. The third kappa shape index (κ3) is 3.16. The molecule has 1 saturated heterocycles. The molecule has 0 saturated carbocycles. The van der Waals surface area contributed by atoms with Crippen LogP contribution in [0.15, 0.2) is 22.8 Å². The van der Waals surface area contributed by atoms with E-state index in [1.165, 1.54) is 40.6 Å². The third-order valence-corrected chi connectivity index (χ3v) is 6.25. The van der Waals surface area contributed by atoms with Gasteiger partial charge in [-0.3, -0.25) is 0 Å². The third-order valence-electron chi connectivity index (χ3n) is 5.79. The minimum absolute atomic E-state index is 0.772. The molecule has 1 aliphatic heterocycles. The van der Waals surface area contributed by atoms with Gasteiger partial charge in [0.2, 0.25) is 0 Å². The molecular formula is C22H27BrN4. The zero-order valence-corrected chi connectivity index (χ0v) is 18.4. The summed E-state index contributed by atoms with van der Waals surface area (Å²) < 4.78 is 3.37. The molecule has 4 rings (SSSR count). The first-order chi connectivity index (χ1) is 12.9. The van der Waals surface area contributed by atoms with Gasteiger partial charge in [0.15, 0.2) is 5.65 Å². The Morgan fingerprint density at radius 2 is 1.78 bits per heavy atom. The first kappa shape index (κ1) is 18.5. The highest BCUT2D eigenvalue weighted by molar-refractivity contribution is 9.10. The molecule has 2 aromatic heterocycles. The average molecular weight is 427 g/mol. The van der Waals surface area contributed by atoms with Crippen molar-refractivity contribution in [1.29, 1.82) is 0 Å². The van der Waals surface area contributed by atoms with Crippen molar-refractivity contribution in [3.8, 4) is 5.69 Å². The van der Waals surface area contributed by atoms with E-state index < -0.39 is 0 Å². The summed E-state index contributed by atoms with van der Waals surface area (Å²) in [5.74, 6) is 2.72. The van der Waals surface area contributed by atoms with Crippen molar-refractivity contribution in [1.82, 2.24) is 14.5 Å². The maximum atomic E-state index is 4.87. The molecule has 142 valence electrons. The Labute approximate surface area is 169 Å². The molecule has 1 aliphatic rings. The predicted octanol–water partition coefficient (Wildman–Crippen LogP) is 5.65. The molecule has 1 fully saturated rings. The summed E-state index contributed by atoms with van der Waals surface area (Å²) in [7, 11) is 0. The van der Waals surface area contributed by atoms with Crippen LogP contribution in [0.1, 0.15) is 42.3 Å². The van der Waals surface area contributed by atoms with Gasteiger partial charge < -0.3 is 9.47 Å². The van der Waals surface area contributed by atoms with Crippen LogP contribution >= 0.6 is 15.9 Å². The lowest BCUT2D eigenvalue weighted by Crippen LogP contribution is -2.21. The topological polar surface area (TPSA) is 34.0 Å². The second kappa shape index (κ2) is 6.93. The predicted molar refractivity (Wildman–Crippen MR) is 116 cm³/mol. The van der Waals surface area contributed by atoms with E-state index in [1.54, 1.807) is 0 Å². The molecule has 0 spiro atoms. The highest BCUT2D eigenvalue weighted by atomic mass is 79.9. The number of nitrogens with zero attached hydrogens (tertiary/aromatic N) is 4. The number of fused-ring (bicyclic) bond motifs is 1.